The molecule has 0 fully saturated rings. The van der Waals surface area contributed by atoms with Crippen LogP contribution in [0.5, 0.6) is 0 Å². The van der Waals surface area contributed by atoms with Gasteiger partial charge in [0.2, 0.25) is 5.95 Å². The van der Waals surface area contributed by atoms with Gasteiger partial charge in [-0.3, -0.25) is 0 Å². The van der Waals surface area contributed by atoms with Crippen LogP contribution in [0.3, 0.4) is 0 Å². The summed E-state index contributed by atoms with van der Waals surface area (Å²) in [6.45, 7) is 0. The molecule has 0 bridgehead atoms. The zero-order valence-electron chi connectivity index (χ0n) is 6.55. The van der Waals surface area contributed by atoms with Crippen LogP contribution >= 0.6 is 11.6 Å². The first-order chi connectivity index (χ1) is 6.25. The molecule has 0 saturated heterocycles. The highest BCUT2D eigenvalue weighted by Gasteiger charge is 1.99. The van der Waals surface area contributed by atoms with Gasteiger partial charge in [-0.1, -0.05) is 11.6 Å². The van der Waals surface area contributed by atoms with Crippen molar-refractivity contribution in [2.24, 2.45) is 0 Å². The molecule has 5 nitrogen and oxygen atoms in total. The standard InChI is InChI=1S/C7H6ClN5/c8-5-1-2-6(10-3-5)13-4-11-7(9)12-13/h1-4H,(H2,9,12). The van der Waals surface area contributed by atoms with E-state index in [1.807, 2.05) is 0 Å². The molecule has 0 aromatic carbocycles. The van der Waals surface area contributed by atoms with Crippen LogP contribution < -0.4 is 5.73 Å². The summed E-state index contributed by atoms with van der Waals surface area (Å²) in [7, 11) is 0. The fourth-order valence-electron chi connectivity index (χ4n) is 0.890. The minimum atomic E-state index is 0.219. The smallest absolute Gasteiger partial charge is 0.239 e. The third-order valence-electron chi connectivity index (χ3n) is 1.46. The summed E-state index contributed by atoms with van der Waals surface area (Å²) < 4.78 is 1.48. The maximum Gasteiger partial charge on any atom is 0.239 e. The Morgan fingerprint density at radius 3 is 2.69 bits per heavy atom. The first kappa shape index (κ1) is 8.00. The fraction of sp³-hybridized carbons (Fsp3) is 0. The van der Waals surface area contributed by atoms with E-state index in [-0.39, 0.29) is 5.95 Å². The van der Waals surface area contributed by atoms with Gasteiger partial charge in [-0.25, -0.2) is 14.6 Å². The largest absolute Gasteiger partial charge is 0.366 e. The van der Waals surface area contributed by atoms with Gasteiger partial charge in [-0.2, -0.15) is 0 Å². The molecular weight excluding hydrogens is 190 g/mol. The molecule has 2 aromatic heterocycles. The molecule has 2 aromatic rings. The minimum Gasteiger partial charge on any atom is -0.366 e. The van der Waals surface area contributed by atoms with Gasteiger partial charge in [0.1, 0.15) is 6.33 Å². The molecular formula is C7H6ClN5. The Balaban J connectivity index is 2.41. The van der Waals surface area contributed by atoms with Gasteiger partial charge < -0.3 is 5.73 Å². The van der Waals surface area contributed by atoms with E-state index in [1.54, 1.807) is 12.1 Å². The highest BCUT2D eigenvalue weighted by Crippen LogP contribution is 2.08. The van der Waals surface area contributed by atoms with E-state index in [2.05, 4.69) is 15.1 Å². The molecule has 13 heavy (non-hydrogen) atoms. The summed E-state index contributed by atoms with van der Waals surface area (Å²) in [4.78, 5) is 7.81. The molecule has 0 amide bonds. The highest BCUT2D eigenvalue weighted by molar-refractivity contribution is 6.30. The lowest BCUT2D eigenvalue weighted by Crippen LogP contribution is -1.98. The second-order valence-electron chi connectivity index (χ2n) is 2.38. The summed E-state index contributed by atoms with van der Waals surface area (Å²) in [5.41, 5.74) is 5.35. The van der Waals surface area contributed by atoms with Crippen molar-refractivity contribution in [3.8, 4) is 5.82 Å². The Labute approximate surface area is 79.2 Å². The number of hydrogen-bond donors (Lipinski definition) is 1. The minimum absolute atomic E-state index is 0.219. The molecule has 0 aliphatic carbocycles. The number of hydrogen-bond acceptors (Lipinski definition) is 4. The number of rotatable bonds is 1. The van der Waals surface area contributed by atoms with Crippen molar-refractivity contribution in [1.29, 1.82) is 0 Å². The number of aromatic nitrogens is 4. The van der Waals surface area contributed by atoms with Gasteiger partial charge in [0.15, 0.2) is 5.82 Å². The summed E-state index contributed by atoms with van der Waals surface area (Å²) in [5.74, 6) is 0.852. The first-order valence-corrected chi connectivity index (χ1v) is 3.92. The van der Waals surface area contributed by atoms with Gasteiger partial charge in [0.25, 0.3) is 0 Å². The van der Waals surface area contributed by atoms with Crippen LogP contribution in [-0.2, 0) is 0 Å². The molecule has 66 valence electrons. The first-order valence-electron chi connectivity index (χ1n) is 3.55. The predicted molar refractivity (Wildman–Crippen MR) is 48.6 cm³/mol. The predicted octanol–water partition coefficient (Wildman–Crippen LogP) is 0.898. The molecule has 2 rings (SSSR count). The molecule has 0 aliphatic rings. The Morgan fingerprint density at radius 1 is 1.31 bits per heavy atom. The molecule has 0 spiro atoms. The van der Waals surface area contributed by atoms with Crippen LogP contribution in [0.2, 0.25) is 5.02 Å². The number of nitrogens with zero attached hydrogens (tertiary/aromatic N) is 4. The van der Waals surface area contributed by atoms with Crippen molar-refractivity contribution in [1.82, 2.24) is 19.7 Å². The maximum absolute atomic E-state index is 5.67. The van der Waals surface area contributed by atoms with Crippen LogP contribution in [0, 0.1) is 0 Å². The number of halogens is 1. The number of pyridine rings is 1. The van der Waals surface area contributed by atoms with Crippen LogP contribution in [0.15, 0.2) is 24.7 Å². The Hall–Kier alpha value is -1.62. The van der Waals surface area contributed by atoms with E-state index in [0.29, 0.717) is 10.8 Å². The van der Waals surface area contributed by atoms with Gasteiger partial charge in [-0.15, -0.1) is 5.10 Å². The van der Waals surface area contributed by atoms with Crippen molar-refractivity contribution in [3.05, 3.63) is 29.7 Å². The molecule has 2 N–H and O–H groups in total. The molecule has 6 heteroatoms. The Bertz CT molecular complexity index is 407. The van der Waals surface area contributed by atoms with Crippen molar-refractivity contribution in [2.75, 3.05) is 5.73 Å². The molecule has 0 atom stereocenters. The zero-order chi connectivity index (χ0) is 9.26. The summed E-state index contributed by atoms with van der Waals surface area (Å²) in [5, 5.41) is 4.47. The molecule has 0 aliphatic heterocycles. The molecule has 0 radical (unpaired) electrons. The van der Waals surface area contributed by atoms with E-state index in [0.717, 1.165) is 0 Å². The van der Waals surface area contributed by atoms with Gasteiger partial charge in [0, 0.05) is 6.20 Å². The van der Waals surface area contributed by atoms with Crippen LogP contribution in [0.4, 0.5) is 5.95 Å². The van der Waals surface area contributed by atoms with Crippen molar-refractivity contribution in [3.63, 3.8) is 0 Å². The van der Waals surface area contributed by atoms with E-state index in [4.69, 9.17) is 17.3 Å². The third-order valence-corrected chi connectivity index (χ3v) is 1.68. The van der Waals surface area contributed by atoms with Crippen LogP contribution in [-0.4, -0.2) is 19.7 Å². The lowest BCUT2D eigenvalue weighted by molar-refractivity contribution is 0.849. The average Bonchev–Trinajstić information content (AvgIpc) is 2.53. The zero-order valence-corrected chi connectivity index (χ0v) is 7.31. The molecule has 0 saturated carbocycles. The van der Waals surface area contributed by atoms with E-state index < -0.39 is 0 Å². The Morgan fingerprint density at radius 2 is 2.15 bits per heavy atom. The second kappa shape index (κ2) is 3.02. The lowest BCUT2D eigenvalue weighted by Gasteiger charge is -1.97. The fourth-order valence-corrected chi connectivity index (χ4v) is 1.00. The topological polar surface area (TPSA) is 69.6 Å². The van der Waals surface area contributed by atoms with Crippen LogP contribution in [0.25, 0.3) is 5.82 Å². The Kier molecular flexibility index (Phi) is 1.86. The summed E-state index contributed by atoms with van der Waals surface area (Å²) >= 11 is 5.67. The molecule has 0 unspecified atom stereocenters. The van der Waals surface area contributed by atoms with E-state index in [9.17, 15) is 0 Å². The van der Waals surface area contributed by atoms with Gasteiger partial charge in [0.05, 0.1) is 5.02 Å². The van der Waals surface area contributed by atoms with E-state index in [1.165, 1.54) is 17.2 Å². The van der Waals surface area contributed by atoms with Gasteiger partial charge in [-0.05, 0) is 12.1 Å². The quantitative estimate of drug-likeness (QED) is 0.734. The summed E-state index contributed by atoms with van der Waals surface area (Å²) in [6, 6.07) is 3.46. The van der Waals surface area contributed by atoms with Gasteiger partial charge >= 0.3 is 0 Å². The monoisotopic (exact) mass is 195 g/mol. The lowest BCUT2D eigenvalue weighted by atomic mass is 10.5. The van der Waals surface area contributed by atoms with Crippen molar-refractivity contribution in [2.45, 2.75) is 0 Å². The van der Waals surface area contributed by atoms with Crippen molar-refractivity contribution >= 4 is 17.5 Å². The number of anilines is 1. The SMILES string of the molecule is Nc1ncn(-c2ccc(Cl)cn2)n1. The number of nitrogen functional groups attached to an aromatic ring is 1. The van der Waals surface area contributed by atoms with Crippen molar-refractivity contribution < 1.29 is 0 Å². The average molecular weight is 196 g/mol. The third kappa shape index (κ3) is 1.59. The molecule has 2 heterocycles. The van der Waals surface area contributed by atoms with E-state index >= 15 is 0 Å². The highest BCUT2D eigenvalue weighted by atomic mass is 35.5. The summed E-state index contributed by atoms with van der Waals surface area (Å²) in [6.07, 6.45) is 3.03. The van der Waals surface area contributed by atoms with Crippen LogP contribution in [0.1, 0.15) is 0 Å². The second-order valence-corrected chi connectivity index (χ2v) is 2.82. The normalized spacial score (nSPS) is 10.2. The number of nitrogens with two attached hydrogens (primary N) is 1. The maximum atomic E-state index is 5.67.